The number of piperidine rings is 1. The molecular weight excluding hydrogens is 262 g/mol. The summed E-state index contributed by atoms with van der Waals surface area (Å²) in [7, 11) is 0. The van der Waals surface area contributed by atoms with Crippen LogP contribution in [-0.4, -0.2) is 34.6 Å². The van der Waals surface area contributed by atoms with Crippen molar-refractivity contribution < 1.29 is 9.90 Å². The molecule has 1 aliphatic carbocycles. The average Bonchev–Trinajstić information content (AvgIpc) is 2.63. The SMILES string of the molecule is CC1CC(C(=O)O)CCN1C1CCCC(C(C)(C)C)CC1. The van der Waals surface area contributed by atoms with Gasteiger partial charge in [0.1, 0.15) is 0 Å². The van der Waals surface area contributed by atoms with E-state index in [4.69, 9.17) is 0 Å². The molecule has 4 atom stereocenters. The number of carboxylic acid groups (broad SMARTS) is 1. The van der Waals surface area contributed by atoms with E-state index in [0.717, 1.165) is 25.3 Å². The first kappa shape index (κ1) is 16.8. The Morgan fingerprint density at radius 3 is 2.38 bits per heavy atom. The highest BCUT2D eigenvalue weighted by molar-refractivity contribution is 5.70. The van der Waals surface area contributed by atoms with Crippen molar-refractivity contribution in [2.75, 3.05) is 6.54 Å². The predicted octanol–water partition coefficient (Wildman–Crippen LogP) is 4.17. The molecule has 3 nitrogen and oxygen atoms in total. The Hall–Kier alpha value is -0.570. The molecule has 0 radical (unpaired) electrons. The highest BCUT2D eigenvalue weighted by atomic mass is 16.4. The van der Waals surface area contributed by atoms with Crippen molar-refractivity contribution in [3.63, 3.8) is 0 Å². The lowest BCUT2D eigenvalue weighted by Gasteiger charge is -2.41. The van der Waals surface area contributed by atoms with E-state index in [9.17, 15) is 9.90 Å². The molecule has 0 amide bonds. The molecule has 0 spiro atoms. The van der Waals surface area contributed by atoms with Gasteiger partial charge < -0.3 is 5.11 Å². The zero-order chi connectivity index (χ0) is 15.6. The standard InChI is InChI=1S/C18H33NO2/c1-13-12-14(17(20)21)10-11-19(13)16-7-5-6-15(8-9-16)18(2,3)4/h13-16H,5-12H2,1-4H3,(H,20,21). The van der Waals surface area contributed by atoms with E-state index < -0.39 is 5.97 Å². The van der Waals surface area contributed by atoms with Gasteiger partial charge in [-0.05, 0) is 63.3 Å². The highest BCUT2D eigenvalue weighted by Crippen LogP contribution is 2.39. The number of carbonyl (C=O) groups is 1. The fraction of sp³-hybridized carbons (Fsp3) is 0.944. The first-order chi connectivity index (χ1) is 9.79. The van der Waals surface area contributed by atoms with E-state index in [1.165, 1.54) is 32.1 Å². The van der Waals surface area contributed by atoms with E-state index in [2.05, 4.69) is 32.6 Å². The number of likely N-dealkylation sites (tertiary alicyclic amines) is 1. The third-order valence-electron chi connectivity index (χ3n) is 5.91. The van der Waals surface area contributed by atoms with Crippen LogP contribution >= 0.6 is 0 Å². The molecule has 1 N–H and O–H groups in total. The van der Waals surface area contributed by atoms with E-state index in [0.29, 0.717) is 17.5 Å². The molecule has 2 rings (SSSR count). The van der Waals surface area contributed by atoms with Gasteiger partial charge in [0.2, 0.25) is 0 Å². The second-order valence-corrected chi connectivity index (χ2v) is 8.37. The topological polar surface area (TPSA) is 40.5 Å². The average molecular weight is 295 g/mol. The summed E-state index contributed by atoms with van der Waals surface area (Å²) in [6.07, 6.45) is 8.28. The van der Waals surface area contributed by atoms with Crippen LogP contribution in [0, 0.1) is 17.3 Å². The Labute approximate surface area is 130 Å². The number of rotatable bonds is 2. The van der Waals surface area contributed by atoms with Crippen molar-refractivity contribution in [2.45, 2.75) is 84.7 Å². The van der Waals surface area contributed by atoms with Crippen LogP contribution in [0.5, 0.6) is 0 Å². The lowest BCUT2D eigenvalue weighted by atomic mass is 9.76. The van der Waals surface area contributed by atoms with E-state index >= 15 is 0 Å². The summed E-state index contributed by atoms with van der Waals surface area (Å²) in [6.45, 7) is 10.3. The maximum absolute atomic E-state index is 11.2. The number of carboxylic acids is 1. The monoisotopic (exact) mass is 295 g/mol. The van der Waals surface area contributed by atoms with Crippen molar-refractivity contribution in [1.82, 2.24) is 4.90 Å². The van der Waals surface area contributed by atoms with Gasteiger partial charge in [0.15, 0.2) is 0 Å². The van der Waals surface area contributed by atoms with Crippen LogP contribution in [0.4, 0.5) is 0 Å². The Morgan fingerprint density at radius 1 is 1.10 bits per heavy atom. The Bertz CT molecular complexity index is 361. The minimum absolute atomic E-state index is 0.121. The van der Waals surface area contributed by atoms with Crippen molar-refractivity contribution in [3.8, 4) is 0 Å². The van der Waals surface area contributed by atoms with Crippen LogP contribution in [0.15, 0.2) is 0 Å². The zero-order valence-corrected chi connectivity index (χ0v) is 14.3. The number of nitrogens with zero attached hydrogens (tertiary/aromatic N) is 1. The molecule has 4 unspecified atom stereocenters. The van der Waals surface area contributed by atoms with E-state index in [-0.39, 0.29) is 5.92 Å². The van der Waals surface area contributed by atoms with Gasteiger partial charge >= 0.3 is 5.97 Å². The molecule has 0 bridgehead atoms. The zero-order valence-electron chi connectivity index (χ0n) is 14.3. The van der Waals surface area contributed by atoms with Gasteiger partial charge in [0.25, 0.3) is 0 Å². The summed E-state index contributed by atoms with van der Waals surface area (Å²) < 4.78 is 0. The molecule has 1 saturated carbocycles. The van der Waals surface area contributed by atoms with Gasteiger partial charge in [-0.15, -0.1) is 0 Å². The number of aliphatic carboxylic acids is 1. The molecule has 2 aliphatic rings. The van der Waals surface area contributed by atoms with E-state index in [1.807, 2.05) is 0 Å². The second kappa shape index (κ2) is 6.68. The fourth-order valence-corrected chi connectivity index (χ4v) is 4.44. The lowest BCUT2D eigenvalue weighted by Crippen LogP contribution is -2.48. The normalized spacial score (nSPS) is 36.2. The largest absolute Gasteiger partial charge is 0.481 e. The third-order valence-corrected chi connectivity index (χ3v) is 5.91. The summed E-state index contributed by atoms with van der Waals surface area (Å²) in [5.41, 5.74) is 0.427. The molecular formula is C18H33NO2. The maximum Gasteiger partial charge on any atom is 0.306 e. The van der Waals surface area contributed by atoms with Crippen molar-refractivity contribution >= 4 is 5.97 Å². The van der Waals surface area contributed by atoms with Crippen molar-refractivity contribution in [3.05, 3.63) is 0 Å². The second-order valence-electron chi connectivity index (χ2n) is 8.37. The highest BCUT2D eigenvalue weighted by Gasteiger charge is 2.35. The third kappa shape index (κ3) is 4.21. The molecule has 1 aliphatic heterocycles. The molecule has 1 saturated heterocycles. The van der Waals surface area contributed by atoms with Crippen molar-refractivity contribution in [1.29, 1.82) is 0 Å². The lowest BCUT2D eigenvalue weighted by molar-refractivity contribution is -0.144. The summed E-state index contributed by atoms with van der Waals surface area (Å²) in [5.74, 6) is 0.119. The molecule has 0 aromatic heterocycles. The maximum atomic E-state index is 11.2. The first-order valence-corrected chi connectivity index (χ1v) is 8.77. The van der Waals surface area contributed by atoms with Crippen LogP contribution < -0.4 is 0 Å². The molecule has 0 aromatic carbocycles. The minimum Gasteiger partial charge on any atom is -0.481 e. The smallest absolute Gasteiger partial charge is 0.306 e. The minimum atomic E-state index is -0.602. The summed E-state index contributed by atoms with van der Waals surface area (Å²) >= 11 is 0. The molecule has 0 aromatic rings. The molecule has 122 valence electrons. The van der Waals surface area contributed by atoms with Gasteiger partial charge in [-0.2, -0.15) is 0 Å². The van der Waals surface area contributed by atoms with Gasteiger partial charge in [0.05, 0.1) is 5.92 Å². The van der Waals surface area contributed by atoms with Gasteiger partial charge in [-0.25, -0.2) is 0 Å². The summed E-state index contributed by atoms with van der Waals surface area (Å²) in [6, 6.07) is 1.11. The van der Waals surface area contributed by atoms with Crippen LogP contribution in [0.1, 0.15) is 72.6 Å². The van der Waals surface area contributed by atoms with Crippen LogP contribution in [0.3, 0.4) is 0 Å². The van der Waals surface area contributed by atoms with Gasteiger partial charge in [0, 0.05) is 12.1 Å². The van der Waals surface area contributed by atoms with Crippen molar-refractivity contribution in [2.24, 2.45) is 17.3 Å². The molecule has 21 heavy (non-hydrogen) atoms. The molecule has 1 heterocycles. The quantitative estimate of drug-likeness (QED) is 0.777. The van der Waals surface area contributed by atoms with Gasteiger partial charge in [-0.1, -0.05) is 27.2 Å². The fourth-order valence-electron chi connectivity index (χ4n) is 4.44. The Morgan fingerprint density at radius 2 is 1.81 bits per heavy atom. The van der Waals surface area contributed by atoms with E-state index in [1.54, 1.807) is 0 Å². The van der Waals surface area contributed by atoms with Gasteiger partial charge in [-0.3, -0.25) is 9.69 Å². The number of hydrogen-bond donors (Lipinski definition) is 1. The van der Waals surface area contributed by atoms with Crippen LogP contribution in [0.2, 0.25) is 0 Å². The molecule has 2 fully saturated rings. The number of hydrogen-bond acceptors (Lipinski definition) is 2. The summed E-state index contributed by atoms with van der Waals surface area (Å²) in [5, 5.41) is 9.20. The predicted molar refractivity (Wildman–Crippen MR) is 86.3 cm³/mol. The van der Waals surface area contributed by atoms with Crippen LogP contribution in [-0.2, 0) is 4.79 Å². The Kier molecular flexibility index (Phi) is 5.34. The summed E-state index contributed by atoms with van der Waals surface area (Å²) in [4.78, 5) is 13.8. The van der Waals surface area contributed by atoms with Crippen LogP contribution in [0.25, 0.3) is 0 Å². The first-order valence-electron chi connectivity index (χ1n) is 8.77. The molecule has 3 heteroatoms. The Balaban J connectivity index is 1.92.